The molecule has 0 aliphatic carbocycles. The molecule has 0 amide bonds. The third-order valence-electron chi connectivity index (χ3n) is 5.30. The van der Waals surface area contributed by atoms with Gasteiger partial charge in [-0.05, 0) is 63.5 Å². The van der Waals surface area contributed by atoms with E-state index in [9.17, 15) is 20.1 Å². The topological polar surface area (TPSA) is 77.8 Å². The Labute approximate surface area is 169 Å². The van der Waals surface area contributed by atoms with Crippen molar-refractivity contribution in [3.8, 4) is 11.5 Å². The van der Waals surface area contributed by atoms with Crippen molar-refractivity contribution < 1.29 is 20.1 Å². The van der Waals surface area contributed by atoms with Crippen LogP contribution in [0.25, 0.3) is 0 Å². The fraction of sp³-hybridized carbons (Fsp3) is 0.542. The number of benzene rings is 1. The molecule has 0 aromatic heterocycles. The van der Waals surface area contributed by atoms with E-state index >= 15 is 0 Å². The van der Waals surface area contributed by atoms with Crippen LogP contribution in [0.4, 0.5) is 0 Å². The third kappa shape index (κ3) is 7.06. The van der Waals surface area contributed by atoms with Crippen LogP contribution in [0.1, 0.15) is 88.2 Å². The van der Waals surface area contributed by atoms with Crippen molar-refractivity contribution in [1.82, 2.24) is 0 Å². The molecule has 0 aliphatic rings. The minimum Gasteiger partial charge on any atom is -0.508 e. The number of rotatable bonds is 11. The Hall–Kier alpha value is -2.23. The summed E-state index contributed by atoms with van der Waals surface area (Å²) < 4.78 is 0. The van der Waals surface area contributed by atoms with Crippen molar-refractivity contribution in [2.45, 2.75) is 79.6 Å². The Morgan fingerprint density at radius 1 is 1.14 bits per heavy atom. The highest BCUT2D eigenvalue weighted by molar-refractivity contribution is 5.93. The monoisotopic (exact) mass is 388 g/mol. The summed E-state index contributed by atoms with van der Waals surface area (Å²) in [6.07, 6.45) is 9.72. The molecule has 0 aliphatic heterocycles. The average Bonchev–Trinajstić information content (AvgIpc) is 2.60. The highest BCUT2D eigenvalue weighted by atomic mass is 16.4. The lowest BCUT2D eigenvalue weighted by Crippen LogP contribution is -2.05. The number of aryl methyl sites for hydroxylation is 1. The molecule has 0 atom stereocenters. The standard InChI is InChI=1S/C24H36O4/c1-6-7-8-12-19-15-21(25)20(23(26)22(19)24(27)28)14-13-17(4)10-9-11-18(5)16(2)3/h11,13,15-16,25-26H,6-10,12,14H2,1-5H3,(H,27,28)/b17-13+,18-11?. The van der Waals surface area contributed by atoms with Crippen LogP contribution in [0, 0.1) is 5.92 Å². The van der Waals surface area contributed by atoms with Gasteiger partial charge in [0.2, 0.25) is 0 Å². The van der Waals surface area contributed by atoms with Crippen LogP contribution in [0.15, 0.2) is 29.4 Å². The van der Waals surface area contributed by atoms with E-state index in [-0.39, 0.29) is 22.6 Å². The first-order valence-corrected chi connectivity index (χ1v) is 10.3. The van der Waals surface area contributed by atoms with E-state index < -0.39 is 5.97 Å². The van der Waals surface area contributed by atoms with Crippen molar-refractivity contribution in [3.05, 3.63) is 46.1 Å². The van der Waals surface area contributed by atoms with Crippen molar-refractivity contribution in [2.24, 2.45) is 5.92 Å². The number of hydrogen-bond acceptors (Lipinski definition) is 3. The zero-order chi connectivity index (χ0) is 21.3. The van der Waals surface area contributed by atoms with Gasteiger partial charge in [0, 0.05) is 5.56 Å². The van der Waals surface area contributed by atoms with E-state index in [1.54, 1.807) is 0 Å². The molecule has 1 aromatic rings. The van der Waals surface area contributed by atoms with Crippen LogP contribution < -0.4 is 0 Å². The summed E-state index contributed by atoms with van der Waals surface area (Å²) >= 11 is 0. The summed E-state index contributed by atoms with van der Waals surface area (Å²) in [7, 11) is 0. The van der Waals surface area contributed by atoms with Crippen molar-refractivity contribution in [3.63, 3.8) is 0 Å². The summed E-state index contributed by atoms with van der Waals surface area (Å²) in [6.45, 7) is 10.6. The molecule has 0 fully saturated rings. The summed E-state index contributed by atoms with van der Waals surface area (Å²) in [5, 5.41) is 30.4. The summed E-state index contributed by atoms with van der Waals surface area (Å²) in [4.78, 5) is 11.7. The molecule has 1 aromatic carbocycles. The fourth-order valence-electron chi connectivity index (χ4n) is 3.09. The molecule has 1 rings (SSSR count). The molecule has 3 N–H and O–H groups in total. The summed E-state index contributed by atoms with van der Waals surface area (Å²) in [6, 6.07) is 1.51. The van der Waals surface area contributed by atoms with Crippen LogP contribution in [0.3, 0.4) is 0 Å². The molecular weight excluding hydrogens is 352 g/mol. The first-order chi connectivity index (χ1) is 13.2. The lowest BCUT2D eigenvalue weighted by atomic mass is 9.94. The van der Waals surface area contributed by atoms with Crippen molar-refractivity contribution in [2.75, 3.05) is 0 Å². The zero-order valence-corrected chi connectivity index (χ0v) is 18.0. The lowest BCUT2D eigenvalue weighted by Gasteiger charge is -2.14. The van der Waals surface area contributed by atoms with E-state index in [2.05, 4.69) is 33.8 Å². The second-order valence-electron chi connectivity index (χ2n) is 7.92. The summed E-state index contributed by atoms with van der Waals surface area (Å²) in [5.41, 5.74) is 3.22. The molecule has 0 saturated carbocycles. The van der Waals surface area contributed by atoms with E-state index in [0.29, 0.717) is 24.3 Å². The molecular formula is C24H36O4. The molecule has 0 spiro atoms. The zero-order valence-electron chi connectivity index (χ0n) is 18.0. The number of carboxylic acid groups (broad SMARTS) is 1. The Kier molecular flexibility index (Phi) is 9.84. The maximum absolute atomic E-state index is 11.7. The van der Waals surface area contributed by atoms with Gasteiger partial charge in [0.1, 0.15) is 17.1 Å². The quantitative estimate of drug-likeness (QED) is 0.303. The highest BCUT2D eigenvalue weighted by Gasteiger charge is 2.21. The Morgan fingerprint density at radius 3 is 2.39 bits per heavy atom. The average molecular weight is 389 g/mol. The van der Waals surface area contributed by atoms with Crippen LogP contribution in [0.5, 0.6) is 11.5 Å². The van der Waals surface area contributed by atoms with Gasteiger partial charge in [-0.3, -0.25) is 0 Å². The number of aromatic carboxylic acids is 1. The van der Waals surface area contributed by atoms with E-state index in [1.165, 1.54) is 11.6 Å². The maximum atomic E-state index is 11.7. The Bertz CT molecular complexity index is 727. The Balaban J connectivity index is 2.97. The third-order valence-corrected chi connectivity index (χ3v) is 5.30. The van der Waals surface area contributed by atoms with E-state index in [1.807, 2.05) is 13.0 Å². The molecule has 28 heavy (non-hydrogen) atoms. The number of phenolic OH excluding ortho intramolecular Hbond substituents is 1. The number of allylic oxidation sites excluding steroid dienone is 4. The van der Waals surface area contributed by atoms with Gasteiger partial charge in [-0.25, -0.2) is 4.79 Å². The molecule has 0 bridgehead atoms. The van der Waals surface area contributed by atoms with Crippen molar-refractivity contribution in [1.29, 1.82) is 0 Å². The number of aromatic hydroxyl groups is 2. The Morgan fingerprint density at radius 2 is 1.82 bits per heavy atom. The number of hydrogen-bond donors (Lipinski definition) is 3. The fourth-order valence-corrected chi connectivity index (χ4v) is 3.09. The van der Waals surface area contributed by atoms with E-state index in [0.717, 1.165) is 37.7 Å². The molecule has 4 heteroatoms. The molecule has 156 valence electrons. The van der Waals surface area contributed by atoms with Gasteiger partial charge in [-0.1, -0.05) is 56.9 Å². The van der Waals surface area contributed by atoms with Crippen LogP contribution in [0.2, 0.25) is 0 Å². The minimum atomic E-state index is -1.15. The maximum Gasteiger partial charge on any atom is 0.339 e. The number of unbranched alkanes of at least 4 members (excludes halogenated alkanes) is 2. The summed E-state index contributed by atoms with van der Waals surface area (Å²) in [5.74, 6) is -0.948. The molecule has 4 nitrogen and oxygen atoms in total. The van der Waals surface area contributed by atoms with Gasteiger partial charge in [0.15, 0.2) is 0 Å². The van der Waals surface area contributed by atoms with Gasteiger partial charge in [-0.15, -0.1) is 0 Å². The van der Waals surface area contributed by atoms with Gasteiger partial charge in [0.25, 0.3) is 0 Å². The molecule has 0 saturated heterocycles. The minimum absolute atomic E-state index is 0.0337. The number of phenols is 2. The second kappa shape index (κ2) is 11.6. The first kappa shape index (κ1) is 23.8. The van der Waals surface area contributed by atoms with Crippen LogP contribution in [-0.2, 0) is 12.8 Å². The smallest absolute Gasteiger partial charge is 0.339 e. The number of carbonyl (C=O) groups is 1. The molecule has 0 heterocycles. The lowest BCUT2D eigenvalue weighted by molar-refractivity contribution is 0.0692. The normalized spacial score (nSPS) is 12.6. The van der Waals surface area contributed by atoms with Gasteiger partial charge < -0.3 is 15.3 Å². The van der Waals surface area contributed by atoms with Gasteiger partial charge >= 0.3 is 5.97 Å². The van der Waals surface area contributed by atoms with Crippen LogP contribution in [-0.4, -0.2) is 21.3 Å². The van der Waals surface area contributed by atoms with E-state index in [4.69, 9.17) is 0 Å². The van der Waals surface area contributed by atoms with Gasteiger partial charge in [-0.2, -0.15) is 0 Å². The predicted molar refractivity (Wildman–Crippen MR) is 115 cm³/mol. The SMILES string of the molecule is CCCCCc1cc(O)c(C/C=C(\C)CCC=C(C)C(C)C)c(O)c1C(=O)O. The molecule has 0 unspecified atom stereocenters. The van der Waals surface area contributed by atoms with Gasteiger partial charge in [0.05, 0.1) is 0 Å². The predicted octanol–water partition coefficient (Wildman–Crippen LogP) is 6.40. The second-order valence-corrected chi connectivity index (χ2v) is 7.92. The number of carboxylic acids is 1. The van der Waals surface area contributed by atoms with Crippen LogP contribution >= 0.6 is 0 Å². The van der Waals surface area contributed by atoms with Crippen molar-refractivity contribution >= 4 is 5.97 Å². The first-order valence-electron chi connectivity index (χ1n) is 10.3. The highest BCUT2D eigenvalue weighted by Crippen LogP contribution is 2.35. The largest absolute Gasteiger partial charge is 0.508 e. The molecule has 0 radical (unpaired) electrons.